The van der Waals surface area contributed by atoms with Crippen LogP contribution in [0.5, 0.6) is 0 Å². The summed E-state index contributed by atoms with van der Waals surface area (Å²) in [5.41, 5.74) is -1.12. The summed E-state index contributed by atoms with van der Waals surface area (Å²) < 4.78 is 49.1. The van der Waals surface area contributed by atoms with E-state index in [0.29, 0.717) is 6.07 Å². The lowest BCUT2D eigenvalue weighted by Gasteiger charge is -2.11. The first kappa shape index (κ1) is 9.83. The van der Waals surface area contributed by atoms with E-state index in [2.05, 4.69) is 5.32 Å². The largest absolute Gasteiger partial charge is 0.418 e. The van der Waals surface area contributed by atoms with Crippen LogP contribution < -0.4 is 5.32 Å². The van der Waals surface area contributed by atoms with E-state index in [1.54, 1.807) is 0 Å². The van der Waals surface area contributed by atoms with Crippen molar-refractivity contribution in [1.82, 2.24) is 0 Å². The highest BCUT2D eigenvalue weighted by atomic mass is 19.4. The minimum atomic E-state index is -4.53. The number of benzene rings is 1. The van der Waals surface area contributed by atoms with E-state index >= 15 is 0 Å². The van der Waals surface area contributed by atoms with Gasteiger partial charge in [-0.15, -0.1) is 0 Å². The van der Waals surface area contributed by atoms with Gasteiger partial charge in [0.15, 0.2) is 0 Å². The average molecular weight is 193 g/mol. The quantitative estimate of drug-likeness (QED) is 0.676. The van der Waals surface area contributed by atoms with Crippen LogP contribution in [0.15, 0.2) is 18.2 Å². The number of anilines is 1. The number of halogens is 4. The molecule has 1 aromatic rings. The number of hydrogen-bond acceptors (Lipinski definition) is 1. The molecule has 1 rings (SSSR count). The summed E-state index contributed by atoms with van der Waals surface area (Å²) >= 11 is 0. The Labute approximate surface area is 72.4 Å². The predicted molar refractivity (Wildman–Crippen MR) is 40.9 cm³/mol. The lowest BCUT2D eigenvalue weighted by molar-refractivity contribution is -0.137. The van der Waals surface area contributed by atoms with Crippen LogP contribution in [0, 0.1) is 5.82 Å². The van der Waals surface area contributed by atoms with Gasteiger partial charge < -0.3 is 5.32 Å². The van der Waals surface area contributed by atoms with E-state index < -0.39 is 17.6 Å². The van der Waals surface area contributed by atoms with Crippen molar-refractivity contribution in [2.24, 2.45) is 0 Å². The first-order chi connectivity index (χ1) is 5.95. The van der Waals surface area contributed by atoms with Crippen molar-refractivity contribution >= 4 is 5.69 Å². The van der Waals surface area contributed by atoms with Crippen LogP contribution in [0.25, 0.3) is 0 Å². The molecular formula is C8H7F4N. The van der Waals surface area contributed by atoms with Gasteiger partial charge in [0.05, 0.1) is 5.56 Å². The Morgan fingerprint density at radius 2 is 1.85 bits per heavy atom. The molecule has 0 unspecified atom stereocenters. The average Bonchev–Trinajstić information content (AvgIpc) is 2.03. The summed E-state index contributed by atoms with van der Waals surface area (Å²) in [5.74, 6) is -0.897. The molecule has 0 saturated carbocycles. The van der Waals surface area contributed by atoms with Crippen LogP contribution in [0.4, 0.5) is 23.2 Å². The molecule has 13 heavy (non-hydrogen) atoms. The van der Waals surface area contributed by atoms with Crippen molar-refractivity contribution in [3.8, 4) is 0 Å². The molecule has 0 fully saturated rings. The fourth-order valence-corrected chi connectivity index (χ4v) is 0.969. The van der Waals surface area contributed by atoms with Gasteiger partial charge in [-0.3, -0.25) is 0 Å². The van der Waals surface area contributed by atoms with Crippen molar-refractivity contribution < 1.29 is 17.6 Å². The fraction of sp³-hybridized carbons (Fsp3) is 0.250. The molecular weight excluding hydrogens is 186 g/mol. The predicted octanol–water partition coefficient (Wildman–Crippen LogP) is 2.89. The van der Waals surface area contributed by atoms with Crippen LogP contribution in [-0.4, -0.2) is 7.05 Å². The van der Waals surface area contributed by atoms with E-state index in [1.165, 1.54) is 7.05 Å². The molecule has 5 heteroatoms. The van der Waals surface area contributed by atoms with Gasteiger partial charge in [-0.05, 0) is 18.2 Å². The zero-order valence-electron chi connectivity index (χ0n) is 6.74. The van der Waals surface area contributed by atoms with E-state index in [4.69, 9.17) is 0 Å². The molecule has 72 valence electrons. The Bertz CT molecular complexity index is 306. The molecule has 0 aliphatic heterocycles. The van der Waals surface area contributed by atoms with Crippen LogP contribution in [-0.2, 0) is 6.18 Å². The van der Waals surface area contributed by atoms with Gasteiger partial charge in [-0.1, -0.05) is 0 Å². The number of alkyl halides is 3. The van der Waals surface area contributed by atoms with Crippen LogP contribution >= 0.6 is 0 Å². The molecule has 0 heterocycles. The van der Waals surface area contributed by atoms with Crippen LogP contribution in [0.2, 0.25) is 0 Å². The minimum Gasteiger partial charge on any atom is -0.388 e. The molecule has 0 aromatic heterocycles. The van der Waals surface area contributed by atoms with Gasteiger partial charge in [-0.2, -0.15) is 13.2 Å². The minimum absolute atomic E-state index is 0.131. The third-order valence-corrected chi connectivity index (χ3v) is 1.56. The second kappa shape index (κ2) is 3.24. The number of rotatable bonds is 1. The fourth-order valence-electron chi connectivity index (χ4n) is 0.969. The van der Waals surface area contributed by atoms with E-state index in [1.807, 2.05) is 0 Å². The molecule has 0 spiro atoms. The first-order valence-corrected chi connectivity index (χ1v) is 3.49. The van der Waals surface area contributed by atoms with E-state index in [0.717, 1.165) is 12.1 Å². The van der Waals surface area contributed by atoms with Crippen molar-refractivity contribution in [2.75, 3.05) is 12.4 Å². The zero-order valence-corrected chi connectivity index (χ0v) is 6.74. The van der Waals surface area contributed by atoms with Crippen molar-refractivity contribution in [2.45, 2.75) is 6.18 Å². The van der Waals surface area contributed by atoms with Gasteiger partial charge in [0, 0.05) is 12.7 Å². The Kier molecular flexibility index (Phi) is 2.45. The first-order valence-electron chi connectivity index (χ1n) is 3.49. The summed E-state index contributed by atoms with van der Waals surface area (Å²) in [4.78, 5) is 0. The van der Waals surface area contributed by atoms with Gasteiger partial charge in [0.25, 0.3) is 0 Å². The molecule has 0 bridgehead atoms. The molecule has 0 atom stereocenters. The van der Waals surface area contributed by atoms with Crippen molar-refractivity contribution in [3.63, 3.8) is 0 Å². The van der Waals surface area contributed by atoms with E-state index in [-0.39, 0.29) is 5.69 Å². The number of nitrogens with one attached hydrogen (secondary N) is 1. The number of hydrogen-bond donors (Lipinski definition) is 1. The van der Waals surface area contributed by atoms with Crippen molar-refractivity contribution in [3.05, 3.63) is 29.6 Å². The second-order valence-corrected chi connectivity index (χ2v) is 2.44. The Morgan fingerprint density at radius 1 is 1.23 bits per heavy atom. The van der Waals surface area contributed by atoms with Gasteiger partial charge in [0.2, 0.25) is 0 Å². The van der Waals surface area contributed by atoms with E-state index in [9.17, 15) is 17.6 Å². The molecule has 1 nitrogen and oxygen atoms in total. The third kappa shape index (κ3) is 2.11. The lowest BCUT2D eigenvalue weighted by atomic mass is 10.1. The van der Waals surface area contributed by atoms with Gasteiger partial charge >= 0.3 is 6.18 Å². The normalized spacial score (nSPS) is 11.5. The maximum Gasteiger partial charge on any atom is 0.418 e. The third-order valence-electron chi connectivity index (χ3n) is 1.56. The summed E-state index contributed by atoms with van der Waals surface area (Å²) in [6, 6.07) is 2.49. The summed E-state index contributed by atoms with van der Waals surface area (Å²) in [6.45, 7) is 0. The molecule has 0 aliphatic carbocycles. The summed E-state index contributed by atoms with van der Waals surface area (Å²) in [5, 5.41) is 2.34. The summed E-state index contributed by atoms with van der Waals surface area (Å²) in [7, 11) is 1.35. The van der Waals surface area contributed by atoms with Crippen LogP contribution in [0.1, 0.15) is 5.56 Å². The Balaban J connectivity index is 3.24. The SMILES string of the molecule is CNc1ccc(F)cc1C(F)(F)F. The smallest absolute Gasteiger partial charge is 0.388 e. The highest BCUT2D eigenvalue weighted by Gasteiger charge is 2.33. The standard InChI is InChI=1S/C8H7F4N/c1-13-7-3-2-5(9)4-6(7)8(10,11)12/h2-4,13H,1H3. The maximum absolute atomic E-state index is 12.5. The molecule has 1 N–H and O–H groups in total. The topological polar surface area (TPSA) is 12.0 Å². The summed E-state index contributed by atoms with van der Waals surface area (Å²) in [6.07, 6.45) is -4.53. The zero-order chi connectivity index (χ0) is 10.1. The lowest BCUT2D eigenvalue weighted by Crippen LogP contribution is -2.09. The highest BCUT2D eigenvalue weighted by molar-refractivity contribution is 5.52. The Hall–Kier alpha value is -1.26. The van der Waals surface area contributed by atoms with Crippen molar-refractivity contribution in [1.29, 1.82) is 0 Å². The van der Waals surface area contributed by atoms with Crippen LogP contribution in [0.3, 0.4) is 0 Å². The monoisotopic (exact) mass is 193 g/mol. The molecule has 1 aromatic carbocycles. The van der Waals surface area contributed by atoms with Gasteiger partial charge in [0.1, 0.15) is 5.82 Å². The second-order valence-electron chi connectivity index (χ2n) is 2.44. The van der Waals surface area contributed by atoms with Gasteiger partial charge in [-0.25, -0.2) is 4.39 Å². The highest BCUT2D eigenvalue weighted by Crippen LogP contribution is 2.34. The molecule has 0 aliphatic rings. The maximum atomic E-state index is 12.5. The molecule has 0 saturated heterocycles. The Morgan fingerprint density at radius 3 is 2.31 bits per heavy atom. The molecule has 0 amide bonds. The molecule has 0 radical (unpaired) electrons.